The number of carbonyl (C=O) groups excluding carboxylic acids is 2. The summed E-state index contributed by atoms with van der Waals surface area (Å²) >= 11 is 1.75. The molecule has 5 nitrogen and oxygen atoms in total. The second-order valence-electron chi connectivity index (χ2n) is 11.0. The number of thioether (sulfide) groups is 1. The van der Waals surface area contributed by atoms with Gasteiger partial charge >= 0.3 is 12.1 Å². The van der Waals surface area contributed by atoms with E-state index in [0.29, 0.717) is 47.4 Å². The van der Waals surface area contributed by atoms with Crippen molar-refractivity contribution in [1.82, 2.24) is 5.32 Å². The Kier molecular flexibility index (Phi) is 6.84. The first-order chi connectivity index (χ1) is 15.5. The van der Waals surface area contributed by atoms with E-state index in [0.717, 1.165) is 50.7 Å². The number of amides is 1. The lowest BCUT2D eigenvalue weighted by Crippen LogP contribution is -2.56. The zero-order valence-electron chi connectivity index (χ0n) is 19.4. The van der Waals surface area contributed by atoms with Crippen molar-refractivity contribution in [1.29, 1.82) is 0 Å². The van der Waals surface area contributed by atoms with Crippen molar-refractivity contribution in [2.75, 3.05) is 12.3 Å². The predicted molar refractivity (Wildman–Crippen MR) is 121 cm³/mol. The van der Waals surface area contributed by atoms with Gasteiger partial charge in [-0.15, -0.1) is 0 Å². The number of ketones is 1. The average molecular weight is 489 g/mol. The summed E-state index contributed by atoms with van der Waals surface area (Å²) in [6.45, 7) is 4.52. The molecule has 0 bridgehead atoms. The standard InChI is InChI=1S/C24H35F3N2O3S/c1-22-8-6-14(33-11-3-10-28-21(31)24(25,26)27)12-18(22)19(29-32)13-15-16-4-5-20(30)23(16,2)9-7-17(15)22/h14-18,32H,3-13H2,1-2H3,(H,28,31)/b29-19-/t14?,15-,16-,17-,18+,22+,23-/m0/s1. The summed E-state index contributed by atoms with van der Waals surface area (Å²) in [4.78, 5) is 23.5. The lowest BCUT2D eigenvalue weighted by Gasteiger charge is -2.60. The normalized spacial score (nSPS) is 41.9. The van der Waals surface area contributed by atoms with Gasteiger partial charge in [-0.05, 0) is 80.3 Å². The first kappa shape index (κ1) is 24.9. The molecule has 0 heterocycles. The quantitative estimate of drug-likeness (QED) is 0.316. The van der Waals surface area contributed by atoms with Gasteiger partial charge in [0.1, 0.15) is 5.78 Å². The number of hydrogen-bond donors (Lipinski definition) is 2. The van der Waals surface area contributed by atoms with E-state index < -0.39 is 12.1 Å². The van der Waals surface area contributed by atoms with Crippen molar-refractivity contribution in [3.05, 3.63) is 0 Å². The van der Waals surface area contributed by atoms with Crippen LogP contribution in [0.1, 0.15) is 71.6 Å². The Bertz CT molecular complexity index is 819. The molecule has 33 heavy (non-hydrogen) atoms. The maximum absolute atomic E-state index is 12.6. The Hall–Kier alpha value is -1.25. The number of rotatable bonds is 5. The first-order valence-electron chi connectivity index (χ1n) is 12.2. The maximum Gasteiger partial charge on any atom is 0.471 e. The van der Waals surface area contributed by atoms with Crippen molar-refractivity contribution in [3.8, 4) is 0 Å². The Morgan fingerprint density at radius 1 is 1.21 bits per heavy atom. The third-order valence-electron chi connectivity index (χ3n) is 9.49. The van der Waals surface area contributed by atoms with Crippen LogP contribution in [0.15, 0.2) is 5.16 Å². The van der Waals surface area contributed by atoms with Crippen LogP contribution in [0.5, 0.6) is 0 Å². The van der Waals surface area contributed by atoms with Crippen LogP contribution in [0.3, 0.4) is 0 Å². The van der Waals surface area contributed by atoms with Gasteiger partial charge < -0.3 is 10.5 Å². The number of halogens is 3. The van der Waals surface area contributed by atoms with Crippen molar-refractivity contribution >= 4 is 29.2 Å². The smallest absolute Gasteiger partial charge is 0.411 e. The zero-order chi connectivity index (χ0) is 24.0. The number of nitrogens with one attached hydrogen (secondary N) is 1. The molecule has 0 aromatic heterocycles. The third-order valence-corrected chi connectivity index (χ3v) is 10.9. The Morgan fingerprint density at radius 3 is 2.67 bits per heavy atom. The van der Waals surface area contributed by atoms with E-state index in [2.05, 4.69) is 19.0 Å². The van der Waals surface area contributed by atoms with E-state index in [1.165, 1.54) is 0 Å². The van der Waals surface area contributed by atoms with Gasteiger partial charge in [0.05, 0.1) is 5.71 Å². The van der Waals surface area contributed by atoms with Gasteiger partial charge in [0.2, 0.25) is 0 Å². The minimum absolute atomic E-state index is 0.0190. The molecule has 4 aliphatic rings. The summed E-state index contributed by atoms with van der Waals surface area (Å²) in [6.07, 6.45) is 3.09. The Morgan fingerprint density at radius 2 is 1.97 bits per heavy atom. The fourth-order valence-corrected chi connectivity index (χ4v) is 8.95. The highest BCUT2D eigenvalue weighted by Crippen LogP contribution is 2.65. The Balaban J connectivity index is 1.36. The number of hydrogen-bond acceptors (Lipinski definition) is 5. The van der Waals surface area contributed by atoms with Crippen LogP contribution < -0.4 is 5.32 Å². The van der Waals surface area contributed by atoms with Gasteiger partial charge in [-0.3, -0.25) is 9.59 Å². The second-order valence-corrected chi connectivity index (χ2v) is 12.4. The monoisotopic (exact) mass is 488 g/mol. The summed E-state index contributed by atoms with van der Waals surface area (Å²) in [7, 11) is 0. The minimum atomic E-state index is -4.83. The molecule has 1 amide bonds. The highest BCUT2D eigenvalue weighted by molar-refractivity contribution is 7.99. The molecule has 0 aromatic rings. The SMILES string of the molecule is C[C@]12CCC(SCCCNC(=O)C(F)(F)F)C[C@@H]1/C(=N\O)C[C@@H]1[C@@H]2CC[C@]2(C)C(=O)CC[C@@H]12. The van der Waals surface area contributed by atoms with Gasteiger partial charge in [0.15, 0.2) is 0 Å². The molecule has 186 valence electrons. The van der Waals surface area contributed by atoms with Crippen molar-refractivity contribution < 1.29 is 28.0 Å². The van der Waals surface area contributed by atoms with Gasteiger partial charge in [0, 0.05) is 29.5 Å². The van der Waals surface area contributed by atoms with Crippen LogP contribution in [-0.4, -0.2) is 46.3 Å². The number of carbonyl (C=O) groups is 2. The number of alkyl halides is 3. The summed E-state index contributed by atoms with van der Waals surface area (Å²) in [5.74, 6) is 0.760. The van der Waals surface area contributed by atoms with Gasteiger partial charge in [0.25, 0.3) is 0 Å². The average Bonchev–Trinajstić information content (AvgIpc) is 3.07. The number of Topliss-reactive ketones (excluding diaryl/α,β-unsaturated/α-hetero) is 1. The van der Waals surface area contributed by atoms with Crippen LogP contribution in [0.25, 0.3) is 0 Å². The molecule has 1 unspecified atom stereocenters. The molecule has 0 spiro atoms. The van der Waals surface area contributed by atoms with Crippen LogP contribution in [0, 0.1) is 34.5 Å². The molecule has 2 N–H and O–H groups in total. The van der Waals surface area contributed by atoms with E-state index in [1.54, 1.807) is 11.8 Å². The molecule has 4 rings (SSSR count). The highest BCUT2D eigenvalue weighted by Gasteiger charge is 2.61. The minimum Gasteiger partial charge on any atom is -0.411 e. The molecular weight excluding hydrogens is 453 g/mol. The van der Waals surface area contributed by atoms with Gasteiger partial charge in [-0.25, -0.2) is 0 Å². The molecule has 0 saturated heterocycles. The lowest BCUT2D eigenvalue weighted by molar-refractivity contribution is -0.173. The Labute approximate surface area is 197 Å². The second kappa shape index (κ2) is 9.08. The molecule has 4 saturated carbocycles. The van der Waals surface area contributed by atoms with Gasteiger partial charge in [-0.2, -0.15) is 24.9 Å². The molecule has 0 radical (unpaired) electrons. The molecule has 0 aliphatic heterocycles. The van der Waals surface area contributed by atoms with E-state index in [4.69, 9.17) is 0 Å². The predicted octanol–water partition coefficient (Wildman–Crippen LogP) is 5.21. The van der Waals surface area contributed by atoms with E-state index >= 15 is 0 Å². The van der Waals surface area contributed by atoms with Crippen molar-refractivity contribution in [2.24, 2.45) is 39.7 Å². The largest absolute Gasteiger partial charge is 0.471 e. The third kappa shape index (κ3) is 4.43. The number of nitrogens with zero attached hydrogens (tertiary/aromatic N) is 1. The topological polar surface area (TPSA) is 78.8 Å². The van der Waals surface area contributed by atoms with Crippen molar-refractivity contribution in [3.63, 3.8) is 0 Å². The van der Waals surface area contributed by atoms with Crippen molar-refractivity contribution in [2.45, 2.75) is 83.1 Å². The molecular formula is C24H35F3N2O3S. The molecule has 4 fully saturated rings. The summed E-state index contributed by atoms with van der Waals surface area (Å²) in [5.41, 5.74) is 0.736. The van der Waals surface area contributed by atoms with Crippen LogP contribution in [0.4, 0.5) is 13.2 Å². The number of oxime groups is 1. The van der Waals surface area contributed by atoms with E-state index in [9.17, 15) is 28.0 Å². The fraction of sp³-hybridized carbons (Fsp3) is 0.875. The summed E-state index contributed by atoms with van der Waals surface area (Å²) < 4.78 is 36.8. The number of fused-ring (bicyclic) bond motifs is 5. The van der Waals surface area contributed by atoms with Gasteiger partial charge in [-0.1, -0.05) is 19.0 Å². The molecule has 4 aliphatic carbocycles. The van der Waals surface area contributed by atoms with Crippen LogP contribution in [0.2, 0.25) is 0 Å². The highest BCUT2D eigenvalue weighted by atomic mass is 32.2. The summed E-state index contributed by atoms with van der Waals surface area (Å²) in [6, 6.07) is 0. The fourth-order valence-electron chi connectivity index (χ4n) is 7.69. The molecule has 9 heteroatoms. The maximum atomic E-state index is 12.6. The van der Waals surface area contributed by atoms with E-state index in [-0.39, 0.29) is 23.3 Å². The zero-order valence-corrected chi connectivity index (χ0v) is 20.2. The first-order valence-corrected chi connectivity index (χ1v) is 13.3. The van der Waals surface area contributed by atoms with E-state index in [1.807, 2.05) is 5.32 Å². The van der Waals surface area contributed by atoms with Crippen LogP contribution in [-0.2, 0) is 9.59 Å². The summed E-state index contributed by atoms with van der Waals surface area (Å²) in [5, 5.41) is 16.0. The lowest BCUT2D eigenvalue weighted by atomic mass is 9.45. The van der Waals surface area contributed by atoms with Crippen LogP contribution >= 0.6 is 11.8 Å². The molecule has 7 atom stereocenters. The molecule has 0 aromatic carbocycles.